The molecule has 3 N–H and O–H groups in total. The van der Waals surface area contributed by atoms with E-state index in [-0.39, 0.29) is 23.8 Å². The molecule has 1 aliphatic carbocycles. The molecule has 1 aromatic heterocycles. The number of hydrogen-bond acceptors (Lipinski definition) is 6. The van der Waals surface area contributed by atoms with Gasteiger partial charge in [0.25, 0.3) is 0 Å². The van der Waals surface area contributed by atoms with E-state index in [9.17, 15) is 9.59 Å². The van der Waals surface area contributed by atoms with Gasteiger partial charge in [0.15, 0.2) is 5.13 Å². The molecule has 3 aliphatic rings. The molecule has 0 radical (unpaired) electrons. The van der Waals surface area contributed by atoms with Crippen molar-refractivity contribution in [2.45, 2.75) is 31.7 Å². The maximum absolute atomic E-state index is 12.9. The van der Waals surface area contributed by atoms with E-state index in [1.54, 1.807) is 11.6 Å². The largest absolute Gasteiger partial charge is 0.346 e. The molecule has 2 atom stereocenters. The van der Waals surface area contributed by atoms with E-state index < -0.39 is 0 Å². The van der Waals surface area contributed by atoms with Crippen molar-refractivity contribution >= 4 is 28.3 Å². The van der Waals surface area contributed by atoms with Crippen LogP contribution in [-0.4, -0.2) is 60.5 Å². The van der Waals surface area contributed by atoms with Crippen LogP contribution in [0.5, 0.6) is 0 Å². The van der Waals surface area contributed by atoms with Gasteiger partial charge in [0, 0.05) is 49.7 Å². The van der Waals surface area contributed by atoms with E-state index in [1.165, 1.54) is 37.0 Å². The van der Waals surface area contributed by atoms with Gasteiger partial charge in [0.1, 0.15) is 0 Å². The third kappa shape index (κ3) is 3.30. The highest BCUT2D eigenvalue weighted by Crippen LogP contribution is 2.42. The van der Waals surface area contributed by atoms with Gasteiger partial charge in [0.2, 0.25) is 11.8 Å². The van der Waals surface area contributed by atoms with Crippen molar-refractivity contribution in [2.24, 2.45) is 11.3 Å². The van der Waals surface area contributed by atoms with Crippen molar-refractivity contribution in [3.8, 4) is 0 Å². The SMILES string of the molecule is O=C(CNC(=O)[C@]12CNC[C@H]1CN(C1CCCC1)C2)Nc1nccs1. The van der Waals surface area contributed by atoms with Crippen LogP contribution in [0.3, 0.4) is 0 Å². The number of aromatic nitrogens is 1. The lowest BCUT2D eigenvalue weighted by Gasteiger charge is -2.28. The van der Waals surface area contributed by atoms with Crippen molar-refractivity contribution in [1.82, 2.24) is 20.5 Å². The molecular weight excluding hydrogens is 338 g/mol. The molecule has 8 heteroatoms. The fraction of sp³-hybridized carbons (Fsp3) is 0.706. The lowest BCUT2D eigenvalue weighted by Crippen LogP contribution is -2.49. The topological polar surface area (TPSA) is 86.4 Å². The standard InChI is InChI=1S/C17H25N5O2S/c23-14(21-16-19-5-6-25-16)8-20-15(24)17-10-18-7-12(17)9-22(11-17)13-3-1-2-4-13/h5-6,12-13,18H,1-4,7-11H2,(H,20,24)(H,19,21,23)/t12-,17-/m0/s1. The average molecular weight is 363 g/mol. The number of carbonyl (C=O) groups excluding carboxylic acids is 2. The summed E-state index contributed by atoms with van der Waals surface area (Å²) in [5, 5.41) is 11.3. The predicted molar refractivity (Wildman–Crippen MR) is 96.4 cm³/mol. The number of nitrogens with zero attached hydrogens (tertiary/aromatic N) is 2. The summed E-state index contributed by atoms with van der Waals surface area (Å²) in [5.41, 5.74) is -0.385. The van der Waals surface area contributed by atoms with Crippen LogP contribution in [0.15, 0.2) is 11.6 Å². The van der Waals surface area contributed by atoms with Gasteiger partial charge in [-0.3, -0.25) is 14.5 Å². The zero-order chi connectivity index (χ0) is 17.3. The lowest BCUT2D eigenvalue weighted by atomic mass is 9.80. The Balaban J connectivity index is 1.35. The summed E-state index contributed by atoms with van der Waals surface area (Å²) < 4.78 is 0. The van der Waals surface area contributed by atoms with Crippen LogP contribution < -0.4 is 16.0 Å². The summed E-state index contributed by atoms with van der Waals surface area (Å²) in [7, 11) is 0. The molecule has 136 valence electrons. The Morgan fingerprint density at radius 3 is 3.00 bits per heavy atom. The van der Waals surface area contributed by atoms with Crippen molar-refractivity contribution in [2.75, 3.05) is 38.0 Å². The fourth-order valence-corrected chi connectivity index (χ4v) is 5.16. The molecule has 1 aromatic rings. The number of thiazole rings is 1. The second-order valence-corrected chi connectivity index (χ2v) is 8.31. The predicted octanol–water partition coefficient (Wildman–Crippen LogP) is 0.662. The van der Waals surface area contributed by atoms with Crippen LogP contribution in [0.25, 0.3) is 0 Å². The first-order chi connectivity index (χ1) is 12.2. The molecule has 3 heterocycles. The van der Waals surface area contributed by atoms with Gasteiger partial charge < -0.3 is 16.0 Å². The van der Waals surface area contributed by atoms with Crippen molar-refractivity contribution in [1.29, 1.82) is 0 Å². The molecule has 3 fully saturated rings. The smallest absolute Gasteiger partial charge is 0.245 e. The Labute approximate surface area is 151 Å². The molecule has 2 saturated heterocycles. The third-order valence-corrected chi connectivity index (χ3v) is 6.62. The Morgan fingerprint density at radius 1 is 1.40 bits per heavy atom. The van der Waals surface area contributed by atoms with Crippen LogP contribution >= 0.6 is 11.3 Å². The number of anilines is 1. The van der Waals surface area contributed by atoms with E-state index in [0.29, 0.717) is 23.6 Å². The van der Waals surface area contributed by atoms with Gasteiger partial charge in [-0.15, -0.1) is 11.3 Å². The lowest BCUT2D eigenvalue weighted by molar-refractivity contribution is -0.132. The summed E-state index contributed by atoms with van der Waals surface area (Å²) in [6, 6.07) is 0.642. The number of likely N-dealkylation sites (tertiary alicyclic amines) is 1. The summed E-state index contributed by atoms with van der Waals surface area (Å²) in [5.74, 6) is 0.125. The van der Waals surface area contributed by atoms with Gasteiger partial charge >= 0.3 is 0 Å². The van der Waals surface area contributed by atoms with Crippen molar-refractivity contribution < 1.29 is 9.59 Å². The summed E-state index contributed by atoms with van der Waals surface area (Å²) in [6.45, 7) is 3.41. The third-order valence-electron chi connectivity index (χ3n) is 5.93. The van der Waals surface area contributed by atoms with E-state index in [1.807, 2.05) is 0 Å². The number of hydrogen-bond donors (Lipinski definition) is 3. The van der Waals surface area contributed by atoms with Crippen LogP contribution in [0.4, 0.5) is 5.13 Å². The molecule has 25 heavy (non-hydrogen) atoms. The van der Waals surface area contributed by atoms with E-state index >= 15 is 0 Å². The number of fused-ring (bicyclic) bond motifs is 1. The monoisotopic (exact) mass is 363 g/mol. The second kappa shape index (κ2) is 7.01. The maximum atomic E-state index is 12.9. The fourth-order valence-electron chi connectivity index (χ4n) is 4.61. The van der Waals surface area contributed by atoms with Crippen LogP contribution in [-0.2, 0) is 9.59 Å². The Bertz CT molecular complexity index is 631. The summed E-state index contributed by atoms with van der Waals surface area (Å²) in [4.78, 5) is 31.5. The molecule has 0 bridgehead atoms. The van der Waals surface area contributed by atoms with E-state index in [0.717, 1.165) is 19.6 Å². The number of nitrogens with one attached hydrogen (secondary N) is 3. The number of carbonyl (C=O) groups is 2. The highest BCUT2D eigenvalue weighted by atomic mass is 32.1. The van der Waals surface area contributed by atoms with E-state index in [2.05, 4.69) is 25.8 Å². The minimum absolute atomic E-state index is 0.00366. The first kappa shape index (κ1) is 16.9. The first-order valence-electron chi connectivity index (χ1n) is 9.10. The van der Waals surface area contributed by atoms with Gasteiger partial charge in [0.05, 0.1) is 12.0 Å². The normalized spacial score (nSPS) is 29.7. The second-order valence-electron chi connectivity index (χ2n) is 7.42. The molecule has 1 saturated carbocycles. The zero-order valence-corrected chi connectivity index (χ0v) is 15.1. The molecule has 2 aliphatic heterocycles. The molecule has 2 amide bonds. The molecule has 0 spiro atoms. The average Bonchev–Trinajstić information content (AvgIpc) is 3.34. The summed E-state index contributed by atoms with van der Waals surface area (Å²) in [6.07, 6.45) is 6.77. The van der Waals surface area contributed by atoms with Crippen LogP contribution in [0, 0.1) is 11.3 Å². The quantitative estimate of drug-likeness (QED) is 0.716. The highest BCUT2D eigenvalue weighted by Gasteiger charge is 2.55. The van der Waals surface area contributed by atoms with E-state index in [4.69, 9.17) is 0 Å². The van der Waals surface area contributed by atoms with Gasteiger partial charge in [-0.2, -0.15) is 0 Å². The van der Waals surface area contributed by atoms with Crippen LogP contribution in [0.2, 0.25) is 0 Å². The maximum Gasteiger partial charge on any atom is 0.245 e. The first-order valence-corrected chi connectivity index (χ1v) is 9.98. The molecule has 4 rings (SSSR count). The van der Waals surface area contributed by atoms with Crippen molar-refractivity contribution in [3.63, 3.8) is 0 Å². The molecule has 0 aromatic carbocycles. The Kier molecular flexibility index (Phi) is 4.75. The van der Waals surface area contributed by atoms with Gasteiger partial charge in [-0.25, -0.2) is 4.98 Å². The number of rotatable bonds is 5. The highest BCUT2D eigenvalue weighted by molar-refractivity contribution is 7.13. The molecular formula is C17H25N5O2S. The number of amides is 2. The van der Waals surface area contributed by atoms with Crippen LogP contribution in [0.1, 0.15) is 25.7 Å². The molecule has 7 nitrogen and oxygen atoms in total. The minimum Gasteiger partial charge on any atom is -0.346 e. The Morgan fingerprint density at radius 2 is 2.24 bits per heavy atom. The summed E-state index contributed by atoms with van der Waals surface area (Å²) >= 11 is 1.37. The molecule has 0 unspecified atom stereocenters. The Hall–Kier alpha value is -1.51. The minimum atomic E-state index is -0.385. The zero-order valence-electron chi connectivity index (χ0n) is 14.3. The van der Waals surface area contributed by atoms with Gasteiger partial charge in [-0.05, 0) is 12.8 Å². The van der Waals surface area contributed by atoms with Gasteiger partial charge in [-0.1, -0.05) is 12.8 Å². The van der Waals surface area contributed by atoms with Crippen molar-refractivity contribution in [3.05, 3.63) is 11.6 Å².